The Morgan fingerprint density at radius 3 is 2.11 bits per heavy atom. The van der Waals surface area contributed by atoms with Gasteiger partial charge in [0.05, 0.1) is 5.52 Å². The van der Waals surface area contributed by atoms with E-state index >= 15 is 0 Å². The number of unbranched alkanes of at least 4 members (excludes halogenated alkanes) is 2. The van der Waals surface area contributed by atoms with Crippen molar-refractivity contribution in [2.45, 2.75) is 72.1 Å². The molecule has 1 unspecified atom stereocenters. The summed E-state index contributed by atoms with van der Waals surface area (Å²) in [7, 11) is 1.25. The Balaban J connectivity index is 0.00000111. The first-order valence-electron chi connectivity index (χ1n) is 16.1. The largest absolute Gasteiger partial charge is 2.00 e. The van der Waals surface area contributed by atoms with Gasteiger partial charge in [0.15, 0.2) is 0 Å². The summed E-state index contributed by atoms with van der Waals surface area (Å²) in [6.45, 7) is 11.2. The number of hydrogen-bond donors (Lipinski definition) is 1. The zero-order valence-electron chi connectivity index (χ0n) is 27.7. The molecular weight excluding hydrogens is 720 g/mol. The fourth-order valence-corrected chi connectivity index (χ4v) is 5.57. The minimum absolute atomic E-state index is 0. The van der Waals surface area contributed by atoms with Crippen molar-refractivity contribution < 1.29 is 21.1 Å². The number of nitrogens with one attached hydrogen (secondary N) is 2. The standard InChI is InChI=1S/C37H41N2.C2H7N.CH4N.W/c1-27(2)28(3)9-5-4-6-10-33-26-39(37-12-8-7-11-36(33)37)35-23-19-32(20-24-35)31-17-13-29(14-18-31)25-30-15-21-34(38)22-16-30;1-2-3;1-2;/h7-8,11-15,17-21,23-24,26,28,38H,1,4-6,9-10,16,22,25H2,2-3H3;2-3H2,1H3;2H,1H3;/q-1;;-1;+2. The zero-order valence-corrected chi connectivity index (χ0v) is 30.7. The van der Waals surface area contributed by atoms with Crippen molar-refractivity contribution in [2.24, 2.45) is 11.7 Å². The van der Waals surface area contributed by atoms with Crippen LogP contribution in [0.25, 0.3) is 39.2 Å². The molecule has 0 spiro atoms. The van der Waals surface area contributed by atoms with Crippen molar-refractivity contribution in [3.63, 3.8) is 0 Å². The summed E-state index contributed by atoms with van der Waals surface area (Å²) in [5.41, 5.74) is 29.6. The predicted molar refractivity (Wildman–Crippen MR) is 193 cm³/mol. The maximum absolute atomic E-state index is 7.75. The number of benzene rings is 3. The number of allylic oxidation sites excluding steroid dienone is 5. The summed E-state index contributed by atoms with van der Waals surface area (Å²) in [6.07, 6.45) is 15.4. The van der Waals surface area contributed by atoms with Crippen LogP contribution in [0.1, 0.15) is 70.4 Å². The van der Waals surface area contributed by atoms with Crippen LogP contribution in [0.4, 0.5) is 0 Å². The molecule has 4 nitrogen and oxygen atoms in total. The Morgan fingerprint density at radius 2 is 1.51 bits per heavy atom. The van der Waals surface area contributed by atoms with Gasteiger partial charge < -0.3 is 21.8 Å². The van der Waals surface area contributed by atoms with Gasteiger partial charge in [0.25, 0.3) is 0 Å². The first-order valence-corrected chi connectivity index (χ1v) is 16.1. The summed E-state index contributed by atoms with van der Waals surface area (Å²) in [6, 6.07) is 26.7. The van der Waals surface area contributed by atoms with Gasteiger partial charge in [-0.1, -0.05) is 111 Å². The predicted octanol–water partition coefficient (Wildman–Crippen LogP) is 11.4. The Bertz CT molecular complexity index is 1510. The summed E-state index contributed by atoms with van der Waals surface area (Å²) in [5.74, 6) is 0.628. The molecule has 0 bridgehead atoms. The van der Waals surface area contributed by atoms with Gasteiger partial charge >= 0.3 is 21.1 Å². The number of hydrogen-bond acceptors (Lipinski definition) is 1. The van der Waals surface area contributed by atoms with Crippen LogP contribution >= 0.6 is 0 Å². The van der Waals surface area contributed by atoms with Crippen LogP contribution < -0.4 is 5.73 Å². The van der Waals surface area contributed by atoms with Crippen molar-refractivity contribution in [3.05, 3.63) is 137 Å². The number of fused-ring (bicyclic) bond motifs is 1. The molecule has 45 heavy (non-hydrogen) atoms. The molecule has 1 atom stereocenters. The van der Waals surface area contributed by atoms with Crippen molar-refractivity contribution in [2.75, 3.05) is 13.6 Å². The molecule has 0 radical (unpaired) electrons. The molecule has 0 saturated carbocycles. The van der Waals surface area contributed by atoms with E-state index in [1.807, 2.05) is 13.0 Å². The molecule has 1 aliphatic carbocycles. The van der Waals surface area contributed by atoms with E-state index in [-0.39, 0.29) is 21.1 Å². The number of nitrogens with two attached hydrogens (primary N) is 1. The molecule has 1 heterocycles. The maximum Gasteiger partial charge on any atom is 2.00 e. The number of rotatable bonds is 11. The van der Waals surface area contributed by atoms with Gasteiger partial charge in [0.1, 0.15) is 0 Å². The third kappa shape index (κ3) is 11.3. The summed E-state index contributed by atoms with van der Waals surface area (Å²) in [5, 5.41) is 1.37. The fraction of sp³-hybridized carbons (Fsp3) is 0.350. The normalized spacial score (nSPS) is 12.8. The van der Waals surface area contributed by atoms with Crippen LogP contribution in [-0.4, -0.2) is 18.2 Å². The van der Waals surface area contributed by atoms with Crippen LogP contribution in [0.5, 0.6) is 0 Å². The van der Waals surface area contributed by atoms with Crippen molar-refractivity contribution in [3.8, 4) is 16.8 Å². The quantitative estimate of drug-likeness (QED) is 0.120. The molecular formula is C40H52N4W. The molecule has 5 rings (SSSR count). The number of aromatic nitrogens is 1. The van der Waals surface area contributed by atoms with Gasteiger partial charge in [-0.25, -0.2) is 0 Å². The van der Waals surface area contributed by atoms with E-state index < -0.39 is 0 Å². The minimum atomic E-state index is 0. The van der Waals surface area contributed by atoms with Gasteiger partial charge in [-0.3, -0.25) is 0 Å². The van der Waals surface area contributed by atoms with E-state index in [1.54, 1.807) is 0 Å². The second kappa shape index (κ2) is 20.1. The molecule has 0 saturated heterocycles. The van der Waals surface area contributed by atoms with E-state index in [1.165, 1.54) is 82.7 Å². The third-order valence-electron chi connectivity index (χ3n) is 8.32. The first kappa shape index (κ1) is 38.0. The summed E-state index contributed by atoms with van der Waals surface area (Å²) in [4.78, 5) is 0. The molecule has 4 N–H and O–H groups in total. The molecule has 1 aliphatic rings. The number of aryl methyl sites for hydroxylation is 1. The average Bonchev–Trinajstić information content (AvgIpc) is 3.42. The zero-order chi connectivity index (χ0) is 31.9. The summed E-state index contributed by atoms with van der Waals surface area (Å²) >= 11 is 0. The second-order valence-corrected chi connectivity index (χ2v) is 11.7. The molecule has 0 fully saturated rings. The van der Waals surface area contributed by atoms with Crippen molar-refractivity contribution in [1.29, 1.82) is 0 Å². The molecule has 1 aromatic heterocycles. The SMILES string of the molecule is C=C(C)C(C)CCCCCc1cn(-c2ccc(-c3ccc(CC4=CC=C([NH-])CC4)cc3)cc2)c2ccccc12.CCN.C[NH-].[W+2]. The average molecular weight is 773 g/mol. The Hall–Kier alpha value is -3.17. The van der Waals surface area contributed by atoms with E-state index in [9.17, 15) is 0 Å². The molecule has 0 aliphatic heterocycles. The number of nitrogens with zero attached hydrogens (tertiary/aromatic N) is 1. The van der Waals surface area contributed by atoms with E-state index in [0.717, 1.165) is 37.9 Å². The Kier molecular flexibility index (Phi) is 16.9. The molecule has 238 valence electrons. The van der Waals surface area contributed by atoms with E-state index in [0.29, 0.717) is 5.92 Å². The molecule has 3 aromatic carbocycles. The first-order chi connectivity index (χ1) is 21.4. The Morgan fingerprint density at radius 1 is 0.889 bits per heavy atom. The monoisotopic (exact) mass is 772 g/mol. The molecule has 0 amide bonds. The second-order valence-electron chi connectivity index (χ2n) is 11.7. The van der Waals surface area contributed by atoms with Gasteiger partial charge in [-0.15, -0.1) is 0 Å². The van der Waals surface area contributed by atoms with E-state index in [2.05, 4.69) is 110 Å². The Labute approximate surface area is 286 Å². The summed E-state index contributed by atoms with van der Waals surface area (Å²) < 4.78 is 2.36. The van der Waals surface area contributed by atoms with Crippen LogP contribution in [0.2, 0.25) is 0 Å². The third-order valence-corrected chi connectivity index (χ3v) is 8.32. The van der Waals surface area contributed by atoms with Crippen LogP contribution in [0.15, 0.2) is 115 Å². The van der Waals surface area contributed by atoms with Gasteiger partial charge in [0.2, 0.25) is 0 Å². The molecule has 4 aromatic rings. The van der Waals surface area contributed by atoms with Gasteiger partial charge in [0, 0.05) is 17.3 Å². The number of para-hydroxylation sites is 1. The topological polar surface area (TPSA) is 78.5 Å². The van der Waals surface area contributed by atoms with Crippen LogP contribution in [0.3, 0.4) is 0 Å². The van der Waals surface area contributed by atoms with Gasteiger partial charge in [-0.05, 0) is 98.4 Å². The van der Waals surface area contributed by atoms with Crippen LogP contribution in [0, 0.1) is 5.92 Å². The molecule has 5 heteroatoms. The van der Waals surface area contributed by atoms with Gasteiger partial charge in [-0.2, -0.15) is 12.7 Å². The van der Waals surface area contributed by atoms with Crippen LogP contribution in [-0.2, 0) is 33.9 Å². The fourth-order valence-electron chi connectivity index (χ4n) is 5.57. The smallest absolute Gasteiger partial charge is 0.702 e. The maximum atomic E-state index is 7.75. The van der Waals surface area contributed by atoms with Crippen molar-refractivity contribution in [1.82, 2.24) is 4.57 Å². The van der Waals surface area contributed by atoms with E-state index in [4.69, 9.17) is 17.2 Å². The minimum Gasteiger partial charge on any atom is -0.702 e. The van der Waals surface area contributed by atoms with Crippen molar-refractivity contribution >= 4 is 10.9 Å².